The quantitative estimate of drug-likeness (QED) is 0.679. The van der Waals surface area contributed by atoms with Crippen LogP contribution in [-0.2, 0) is 6.54 Å². The number of fused-ring (bicyclic) bond motifs is 4. The molecule has 2 aromatic carbocycles. The molecule has 0 spiro atoms. The van der Waals surface area contributed by atoms with E-state index in [1.54, 1.807) is 6.07 Å². The number of rotatable bonds is 3. The van der Waals surface area contributed by atoms with Gasteiger partial charge in [0.1, 0.15) is 0 Å². The van der Waals surface area contributed by atoms with Crippen molar-refractivity contribution in [3.63, 3.8) is 0 Å². The van der Waals surface area contributed by atoms with Gasteiger partial charge in [-0.1, -0.05) is 30.3 Å². The van der Waals surface area contributed by atoms with Crippen LogP contribution in [0.1, 0.15) is 18.0 Å². The van der Waals surface area contributed by atoms with Crippen molar-refractivity contribution in [2.75, 3.05) is 37.4 Å². The second-order valence-electron chi connectivity index (χ2n) is 9.02. The molecule has 2 aliphatic heterocycles. The maximum Gasteiger partial charge on any atom is 0.321 e. The van der Waals surface area contributed by atoms with Gasteiger partial charge in [-0.2, -0.15) is 0 Å². The lowest BCUT2D eigenvalue weighted by atomic mass is 9.80. The van der Waals surface area contributed by atoms with Crippen molar-refractivity contribution < 1.29 is 4.79 Å². The number of amides is 2. The highest BCUT2D eigenvalue weighted by molar-refractivity contribution is 5.89. The van der Waals surface area contributed by atoms with E-state index < -0.39 is 0 Å². The van der Waals surface area contributed by atoms with Gasteiger partial charge >= 0.3 is 6.03 Å². The van der Waals surface area contributed by atoms with E-state index in [2.05, 4.69) is 34.5 Å². The van der Waals surface area contributed by atoms with Crippen molar-refractivity contribution in [1.82, 2.24) is 9.47 Å². The molecule has 6 heteroatoms. The van der Waals surface area contributed by atoms with Gasteiger partial charge in [-0.3, -0.25) is 4.79 Å². The summed E-state index contributed by atoms with van der Waals surface area (Å²) in [7, 11) is 4.05. The summed E-state index contributed by atoms with van der Waals surface area (Å²) in [4.78, 5) is 29.7. The molecule has 2 amide bonds. The first-order chi connectivity index (χ1) is 15.5. The standard InChI is InChI=1S/C26H28N4O2/c1-28(2)22-10-8-19(9-11-22)23-12-13-24(31)30-16-18-14-20(25(23)30)17-29(15-18)26(32)27-21-6-4-3-5-7-21/h3-13,18,20H,14-17H2,1-2H3,(H,27,32)/t18-,20+/m0/s1. The van der Waals surface area contributed by atoms with Crippen LogP contribution in [0.5, 0.6) is 0 Å². The fourth-order valence-corrected chi connectivity index (χ4v) is 5.09. The van der Waals surface area contributed by atoms with E-state index in [1.165, 1.54) is 0 Å². The Morgan fingerprint density at radius 1 is 0.938 bits per heavy atom. The van der Waals surface area contributed by atoms with E-state index in [0.29, 0.717) is 19.6 Å². The molecular formula is C26H28N4O2. The van der Waals surface area contributed by atoms with Crippen LogP contribution < -0.4 is 15.8 Å². The Balaban J connectivity index is 1.46. The summed E-state index contributed by atoms with van der Waals surface area (Å²) in [6, 6.07) is 21.5. The fraction of sp³-hybridized carbons (Fsp3) is 0.308. The molecule has 0 unspecified atom stereocenters. The number of anilines is 2. The molecule has 3 heterocycles. The molecule has 0 radical (unpaired) electrons. The summed E-state index contributed by atoms with van der Waals surface area (Å²) >= 11 is 0. The van der Waals surface area contributed by atoms with Crippen molar-refractivity contribution in [1.29, 1.82) is 0 Å². The minimum absolute atomic E-state index is 0.0468. The number of nitrogens with zero attached hydrogens (tertiary/aromatic N) is 3. The second-order valence-corrected chi connectivity index (χ2v) is 9.02. The Morgan fingerprint density at radius 2 is 1.69 bits per heavy atom. The Hall–Kier alpha value is -3.54. The predicted molar refractivity (Wildman–Crippen MR) is 128 cm³/mol. The first-order valence-electron chi connectivity index (χ1n) is 11.1. The third kappa shape index (κ3) is 3.77. The van der Waals surface area contributed by atoms with Gasteiger partial charge in [0.25, 0.3) is 5.56 Å². The summed E-state index contributed by atoms with van der Waals surface area (Å²) in [6.45, 7) is 1.94. The van der Waals surface area contributed by atoms with Gasteiger partial charge in [0, 0.05) is 68.3 Å². The van der Waals surface area contributed by atoms with Crippen molar-refractivity contribution in [3.05, 3.63) is 82.8 Å². The summed E-state index contributed by atoms with van der Waals surface area (Å²) in [5.41, 5.74) is 5.23. The lowest BCUT2D eigenvalue weighted by molar-refractivity contribution is 0.140. The molecule has 1 N–H and O–H groups in total. The molecule has 32 heavy (non-hydrogen) atoms. The molecule has 5 rings (SSSR count). The number of para-hydroxylation sites is 1. The van der Waals surface area contributed by atoms with Gasteiger partial charge in [-0.15, -0.1) is 0 Å². The molecule has 1 aromatic heterocycles. The maximum absolute atomic E-state index is 13.0. The van der Waals surface area contributed by atoms with E-state index in [-0.39, 0.29) is 23.4 Å². The Bertz CT molecular complexity index is 1180. The van der Waals surface area contributed by atoms with Gasteiger partial charge in [-0.25, -0.2) is 4.79 Å². The van der Waals surface area contributed by atoms with Crippen LogP contribution in [0.4, 0.5) is 16.2 Å². The number of carbonyl (C=O) groups excluding carboxylic acids is 1. The first kappa shape index (κ1) is 20.4. The van der Waals surface area contributed by atoms with E-state index in [1.807, 2.05) is 60.0 Å². The van der Waals surface area contributed by atoms with Crippen LogP contribution in [0.2, 0.25) is 0 Å². The molecule has 0 saturated carbocycles. The number of likely N-dealkylation sites (tertiary alicyclic amines) is 1. The number of urea groups is 1. The van der Waals surface area contributed by atoms with E-state index in [9.17, 15) is 9.59 Å². The van der Waals surface area contributed by atoms with Crippen LogP contribution in [0.25, 0.3) is 11.1 Å². The molecule has 1 saturated heterocycles. The van der Waals surface area contributed by atoms with Gasteiger partial charge < -0.3 is 19.7 Å². The number of aromatic nitrogens is 1. The molecule has 1 fully saturated rings. The zero-order valence-corrected chi connectivity index (χ0v) is 18.5. The number of piperidine rings is 1. The summed E-state index contributed by atoms with van der Waals surface area (Å²) < 4.78 is 1.94. The highest BCUT2D eigenvalue weighted by Crippen LogP contribution is 2.40. The fourth-order valence-electron chi connectivity index (χ4n) is 5.09. The molecule has 3 aromatic rings. The van der Waals surface area contributed by atoms with Crippen LogP contribution in [0, 0.1) is 5.92 Å². The SMILES string of the molecule is CN(C)c1ccc(-c2ccc(=O)n3c2[C@@H]2C[C@@H](CN(C(=O)Nc4ccccc4)C2)C3)cc1. The van der Waals surface area contributed by atoms with E-state index in [0.717, 1.165) is 34.6 Å². The van der Waals surface area contributed by atoms with Gasteiger partial charge in [0.2, 0.25) is 0 Å². The minimum Gasteiger partial charge on any atom is -0.378 e. The van der Waals surface area contributed by atoms with E-state index >= 15 is 0 Å². The average Bonchev–Trinajstić information content (AvgIpc) is 2.80. The molecule has 164 valence electrons. The Morgan fingerprint density at radius 3 is 2.41 bits per heavy atom. The summed E-state index contributed by atoms with van der Waals surface area (Å²) in [5.74, 6) is 0.424. The minimum atomic E-state index is -0.0745. The molecule has 6 nitrogen and oxygen atoms in total. The normalized spacial score (nSPS) is 19.2. The smallest absolute Gasteiger partial charge is 0.321 e. The lowest BCUT2D eigenvalue weighted by Gasteiger charge is -2.43. The molecular weight excluding hydrogens is 400 g/mol. The Labute approximate surface area is 188 Å². The summed E-state index contributed by atoms with van der Waals surface area (Å²) in [6.07, 6.45) is 1.00. The highest BCUT2D eigenvalue weighted by atomic mass is 16.2. The molecule has 2 aliphatic rings. The number of pyridine rings is 1. The average molecular weight is 429 g/mol. The van der Waals surface area contributed by atoms with Crippen LogP contribution in [0.15, 0.2) is 71.5 Å². The van der Waals surface area contributed by atoms with Gasteiger partial charge in [0.15, 0.2) is 0 Å². The van der Waals surface area contributed by atoms with E-state index in [4.69, 9.17) is 0 Å². The number of carbonyl (C=O) groups is 1. The van der Waals surface area contributed by atoms with Crippen LogP contribution in [0.3, 0.4) is 0 Å². The number of hydrogen-bond donors (Lipinski definition) is 1. The van der Waals surface area contributed by atoms with Gasteiger partial charge in [-0.05, 0) is 48.2 Å². The van der Waals surface area contributed by atoms with Crippen molar-refractivity contribution >= 4 is 17.4 Å². The second kappa shape index (κ2) is 8.19. The monoisotopic (exact) mass is 428 g/mol. The molecule has 2 atom stereocenters. The Kier molecular flexibility index (Phi) is 5.21. The topological polar surface area (TPSA) is 57.6 Å². The number of hydrogen-bond acceptors (Lipinski definition) is 3. The third-order valence-corrected chi connectivity index (χ3v) is 6.60. The molecule has 0 aliphatic carbocycles. The van der Waals surface area contributed by atoms with Crippen LogP contribution in [-0.4, -0.2) is 42.7 Å². The first-order valence-corrected chi connectivity index (χ1v) is 11.1. The van der Waals surface area contributed by atoms with Gasteiger partial charge in [0.05, 0.1) is 0 Å². The maximum atomic E-state index is 13.0. The largest absolute Gasteiger partial charge is 0.378 e. The predicted octanol–water partition coefficient (Wildman–Crippen LogP) is 4.23. The number of nitrogens with one attached hydrogen (secondary N) is 1. The lowest BCUT2D eigenvalue weighted by Crippen LogP contribution is -2.50. The number of benzene rings is 2. The highest BCUT2D eigenvalue weighted by Gasteiger charge is 2.37. The van der Waals surface area contributed by atoms with Crippen molar-refractivity contribution in [2.24, 2.45) is 5.92 Å². The molecule has 2 bridgehead atoms. The van der Waals surface area contributed by atoms with Crippen LogP contribution >= 0.6 is 0 Å². The van der Waals surface area contributed by atoms with Crippen molar-refractivity contribution in [2.45, 2.75) is 18.9 Å². The zero-order chi connectivity index (χ0) is 22.2. The zero-order valence-electron chi connectivity index (χ0n) is 18.5. The van der Waals surface area contributed by atoms with Crippen molar-refractivity contribution in [3.8, 4) is 11.1 Å². The third-order valence-electron chi connectivity index (χ3n) is 6.60. The summed E-state index contributed by atoms with van der Waals surface area (Å²) in [5, 5.41) is 3.01.